The summed E-state index contributed by atoms with van der Waals surface area (Å²) in [5.41, 5.74) is -0.352. The summed E-state index contributed by atoms with van der Waals surface area (Å²) in [6.45, 7) is 1.91. The van der Waals surface area contributed by atoms with Crippen molar-refractivity contribution in [2.75, 3.05) is 0 Å². The highest BCUT2D eigenvalue weighted by atomic mass is 19.1. The molecule has 0 bridgehead atoms. The van der Waals surface area contributed by atoms with Crippen molar-refractivity contribution >= 4 is 11.9 Å². The van der Waals surface area contributed by atoms with E-state index in [2.05, 4.69) is 5.92 Å². The standard InChI is InChI=1S/C16H17FO4/c1-3-5-10-13(17)14(4-2)21-16(20)12-9-7-6-8-11(12)15(18)19/h2,6-9,13-14H,3,5,10H2,1H3,(H,18,19). The highest BCUT2D eigenvalue weighted by Gasteiger charge is 2.25. The fourth-order valence-corrected chi connectivity index (χ4v) is 1.79. The third-order valence-electron chi connectivity index (χ3n) is 2.94. The van der Waals surface area contributed by atoms with Gasteiger partial charge in [-0.1, -0.05) is 37.8 Å². The van der Waals surface area contributed by atoms with Crippen molar-refractivity contribution in [1.82, 2.24) is 0 Å². The number of aromatic carboxylic acids is 1. The first kappa shape index (κ1) is 16.7. The normalized spacial score (nSPS) is 13.0. The minimum Gasteiger partial charge on any atom is -0.478 e. The van der Waals surface area contributed by atoms with Gasteiger partial charge in [0.25, 0.3) is 0 Å². The topological polar surface area (TPSA) is 63.6 Å². The van der Waals surface area contributed by atoms with Crippen molar-refractivity contribution in [2.24, 2.45) is 0 Å². The van der Waals surface area contributed by atoms with Crippen LogP contribution in [-0.4, -0.2) is 29.3 Å². The molecule has 4 nitrogen and oxygen atoms in total. The van der Waals surface area contributed by atoms with Gasteiger partial charge in [-0.15, -0.1) is 6.42 Å². The fraction of sp³-hybridized carbons (Fsp3) is 0.375. The molecule has 21 heavy (non-hydrogen) atoms. The number of terminal acetylenes is 1. The smallest absolute Gasteiger partial charge is 0.340 e. The van der Waals surface area contributed by atoms with Crippen LogP contribution in [0.1, 0.15) is 46.9 Å². The van der Waals surface area contributed by atoms with Gasteiger partial charge < -0.3 is 9.84 Å². The van der Waals surface area contributed by atoms with Crippen LogP contribution < -0.4 is 0 Å². The second kappa shape index (κ2) is 8.05. The minimum atomic E-state index is -1.46. The van der Waals surface area contributed by atoms with Gasteiger partial charge in [-0.3, -0.25) is 0 Å². The van der Waals surface area contributed by atoms with Gasteiger partial charge in [0.15, 0.2) is 6.10 Å². The number of hydrogen-bond donors (Lipinski definition) is 1. The summed E-state index contributed by atoms with van der Waals surface area (Å²) in [5.74, 6) is -0.102. The second-order valence-corrected chi connectivity index (χ2v) is 4.50. The highest BCUT2D eigenvalue weighted by Crippen LogP contribution is 2.16. The number of hydrogen-bond acceptors (Lipinski definition) is 3. The van der Waals surface area contributed by atoms with Gasteiger partial charge >= 0.3 is 11.9 Å². The van der Waals surface area contributed by atoms with Crippen LogP contribution in [-0.2, 0) is 4.74 Å². The Kier molecular flexibility index (Phi) is 6.41. The zero-order valence-electron chi connectivity index (χ0n) is 11.7. The minimum absolute atomic E-state index is 0.145. The summed E-state index contributed by atoms with van der Waals surface area (Å²) in [4.78, 5) is 23.0. The Bertz CT molecular complexity index is 547. The van der Waals surface area contributed by atoms with Crippen LogP contribution in [0, 0.1) is 12.3 Å². The van der Waals surface area contributed by atoms with Crippen molar-refractivity contribution < 1.29 is 23.8 Å². The van der Waals surface area contributed by atoms with Crippen LogP contribution in [0.4, 0.5) is 4.39 Å². The van der Waals surface area contributed by atoms with Crippen LogP contribution in [0.25, 0.3) is 0 Å². The number of esters is 1. The number of carboxylic acids is 1. The maximum atomic E-state index is 13.9. The van der Waals surface area contributed by atoms with E-state index in [0.29, 0.717) is 6.42 Å². The SMILES string of the molecule is C#CC(OC(=O)c1ccccc1C(=O)O)C(F)CCCC. The Hall–Kier alpha value is -2.35. The van der Waals surface area contributed by atoms with Crippen molar-refractivity contribution in [1.29, 1.82) is 0 Å². The molecule has 0 heterocycles. The number of carboxylic acid groups (broad SMARTS) is 1. The van der Waals surface area contributed by atoms with E-state index in [1.54, 1.807) is 0 Å². The largest absolute Gasteiger partial charge is 0.478 e. The van der Waals surface area contributed by atoms with E-state index in [-0.39, 0.29) is 17.5 Å². The number of ether oxygens (including phenoxy) is 1. The highest BCUT2D eigenvalue weighted by molar-refractivity contribution is 6.02. The number of unbranched alkanes of at least 4 members (excludes halogenated alkanes) is 1. The molecule has 0 fully saturated rings. The molecule has 0 spiro atoms. The monoisotopic (exact) mass is 292 g/mol. The van der Waals surface area contributed by atoms with E-state index in [1.807, 2.05) is 6.92 Å². The Morgan fingerprint density at radius 2 is 2.00 bits per heavy atom. The molecule has 0 amide bonds. The quantitative estimate of drug-likeness (QED) is 0.619. The summed E-state index contributed by atoms with van der Waals surface area (Å²) in [6, 6.07) is 5.56. The number of alkyl halides is 1. The first-order chi connectivity index (χ1) is 10.0. The van der Waals surface area contributed by atoms with E-state index in [1.165, 1.54) is 24.3 Å². The average molecular weight is 292 g/mol. The molecular weight excluding hydrogens is 275 g/mol. The van der Waals surface area contributed by atoms with E-state index < -0.39 is 24.2 Å². The summed E-state index contributed by atoms with van der Waals surface area (Å²) in [6.07, 6.45) is 4.03. The molecule has 0 aliphatic heterocycles. The van der Waals surface area contributed by atoms with Gasteiger partial charge in [-0.2, -0.15) is 0 Å². The molecule has 112 valence electrons. The second-order valence-electron chi connectivity index (χ2n) is 4.50. The molecule has 0 aromatic heterocycles. The maximum absolute atomic E-state index is 13.9. The number of carbonyl (C=O) groups is 2. The Labute approximate surface area is 122 Å². The molecule has 1 aromatic rings. The lowest BCUT2D eigenvalue weighted by molar-refractivity contribution is 0.0218. The first-order valence-corrected chi connectivity index (χ1v) is 6.64. The van der Waals surface area contributed by atoms with E-state index in [0.717, 1.165) is 6.42 Å². The predicted molar refractivity (Wildman–Crippen MR) is 75.9 cm³/mol. The number of benzene rings is 1. The molecule has 5 heteroatoms. The Morgan fingerprint density at radius 1 is 1.38 bits per heavy atom. The lowest BCUT2D eigenvalue weighted by Gasteiger charge is -2.17. The molecular formula is C16H17FO4. The summed E-state index contributed by atoms with van der Waals surface area (Å²) < 4.78 is 18.8. The zero-order valence-corrected chi connectivity index (χ0v) is 11.7. The Balaban J connectivity index is 2.85. The first-order valence-electron chi connectivity index (χ1n) is 6.64. The average Bonchev–Trinajstić information content (AvgIpc) is 2.49. The van der Waals surface area contributed by atoms with Crippen LogP contribution in [0.15, 0.2) is 24.3 Å². The van der Waals surface area contributed by atoms with Crippen LogP contribution in [0.3, 0.4) is 0 Å². The molecule has 2 unspecified atom stereocenters. The van der Waals surface area contributed by atoms with Crippen molar-refractivity contribution in [3.63, 3.8) is 0 Å². The fourth-order valence-electron chi connectivity index (χ4n) is 1.79. The van der Waals surface area contributed by atoms with Gasteiger partial charge in [-0.25, -0.2) is 14.0 Å². The third-order valence-corrected chi connectivity index (χ3v) is 2.94. The number of halogens is 1. The molecule has 0 radical (unpaired) electrons. The molecule has 0 saturated heterocycles. The predicted octanol–water partition coefficient (Wildman–Crippen LogP) is 3.07. The lowest BCUT2D eigenvalue weighted by Crippen LogP contribution is -2.27. The van der Waals surface area contributed by atoms with Crippen LogP contribution in [0.2, 0.25) is 0 Å². The van der Waals surface area contributed by atoms with Crippen molar-refractivity contribution in [3.8, 4) is 12.3 Å². The van der Waals surface area contributed by atoms with Crippen LogP contribution >= 0.6 is 0 Å². The van der Waals surface area contributed by atoms with E-state index in [9.17, 15) is 14.0 Å². The molecule has 0 saturated carbocycles. The summed E-state index contributed by atoms with van der Waals surface area (Å²) in [5, 5.41) is 9.01. The molecule has 0 aliphatic rings. The molecule has 2 atom stereocenters. The molecule has 1 N–H and O–H groups in total. The van der Waals surface area contributed by atoms with Crippen molar-refractivity contribution in [3.05, 3.63) is 35.4 Å². The Morgan fingerprint density at radius 3 is 2.52 bits per heavy atom. The van der Waals surface area contributed by atoms with E-state index in [4.69, 9.17) is 16.3 Å². The van der Waals surface area contributed by atoms with Crippen LogP contribution in [0.5, 0.6) is 0 Å². The third kappa shape index (κ3) is 4.60. The number of rotatable bonds is 7. The summed E-state index contributed by atoms with van der Waals surface area (Å²) in [7, 11) is 0. The van der Waals surface area contributed by atoms with Gasteiger partial charge in [0.2, 0.25) is 0 Å². The molecule has 1 rings (SSSR count). The van der Waals surface area contributed by atoms with Crippen molar-refractivity contribution in [2.45, 2.75) is 38.5 Å². The summed E-state index contributed by atoms with van der Waals surface area (Å²) >= 11 is 0. The maximum Gasteiger partial charge on any atom is 0.340 e. The van der Waals surface area contributed by atoms with E-state index >= 15 is 0 Å². The van der Waals surface area contributed by atoms with Gasteiger partial charge in [0.1, 0.15) is 6.17 Å². The lowest BCUT2D eigenvalue weighted by atomic mass is 10.1. The van der Waals surface area contributed by atoms with Gasteiger partial charge in [0.05, 0.1) is 11.1 Å². The molecule has 0 aliphatic carbocycles. The van der Waals surface area contributed by atoms with Gasteiger partial charge in [-0.05, 0) is 18.6 Å². The number of carbonyl (C=O) groups excluding carboxylic acids is 1. The molecule has 1 aromatic carbocycles. The zero-order chi connectivity index (χ0) is 15.8. The van der Waals surface area contributed by atoms with Gasteiger partial charge in [0, 0.05) is 0 Å².